The maximum absolute atomic E-state index is 12.7. The number of amides is 2. The standard InChI is InChI=1S/C21H28N2O3/c1-2-19(24)23-21(13-7-3-4-8-14-21)15-22-20(25)18-12-11-16-9-5-6-10-17(16)26-18/h2,5-6,9-10,18H,1,3-4,7-8,11-15H2,(H,22,25)(H,23,24). The molecule has 5 heteroatoms. The fourth-order valence-electron chi connectivity index (χ4n) is 3.94. The minimum atomic E-state index is -0.470. The Morgan fingerprint density at radius 1 is 1.19 bits per heavy atom. The van der Waals surface area contributed by atoms with E-state index >= 15 is 0 Å². The summed E-state index contributed by atoms with van der Waals surface area (Å²) < 4.78 is 5.88. The van der Waals surface area contributed by atoms with Gasteiger partial charge in [-0.3, -0.25) is 9.59 Å². The summed E-state index contributed by atoms with van der Waals surface area (Å²) in [7, 11) is 0. The van der Waals surface area contributed by atoms with E-state index in [-0.39, 0.29) is 17.4 Å². The summed E-state index contributed by atoms with van der Waals surface area (Å²) in [6.45, 7) is 3.99. The fourth-order valence-corrected chi connectivity index (χ4v) is 3.94. The third-order valence-electron chi connectivity index (χ3n) is 5.45. The number of carbonyl (C=O) groups is 2. The molecule has 1 aromatic rings. The lowest BCUT2D eigenvalue weighted by molar-refractivity contribution is -0.129. The minimum Gasteiger partial charge on any atom is -0.480 e. The number of fused-ring (bicyclic) bond motifs is 1. The van der Waals surface area contributed by atoms with Gasteiger partial charge in [-0.1, -0.05) is 50.5 Å². The number of aryl methyl sites for hydroxylation is 1. The van der Waals surface area contributed by atoms with E-state index in [0.29, 0.717) is 13.0 Å². The third-order valence-corrected chi connectivity index (χ3v) is 5.45. The zero-order valence-electron chi connectivity index (χ0n) is 15.3. The molecule has 0 saturated heterocycles. The zero-order valence-corrected chi connectivity index (χ0v) is 15.3. The van der Waals surface area contributed by atoms with Crippen molar-refractivity contribution in [1.82, 2.24) is 10.6 Å². The molecule has 0 bridgehead atoms. The Labute approximate surface area is 155 Å². The number of rotatable bonds is 5. The molecule has 1 aliphatic carbocycles. The highest BCUT2D eigenvalue weighted by Crippen LogP contribution is 2.28. The lowest BCUT2D eigenvalue weighted by atomic mass is 9.89. The van der Waals surface area contributed by atoms with Crippen LogP contribution in [0.1, 0.15) is 50.5 Å². The van der Waals surface area contributed by atoms with Gasteiger partial charge in [-0.15, -0.1) is 0 Å². The Hall–Kier alpha value is -2.30. The first-order valence-electron chi connectivity index (χ1n) is 9.59. The normalized spacial score (nSPS) is 21.5. The Bertz CT molecular complexity index is 663. The van der Waals surface area contributed by atoms with Gasteiger partial charge in [0.05, 0.1) is 5.54 Å². The van der Waals surface area contributed by atoms with E-state index in [1.54, 1.807) is 0 Å². The summed E-state index contributed by atoms with van der Waals surface area (Å²) in [6.07, 6.45) is 8.55. The summed E-state index contributed by atoms with van der Waals surface area (Å²) >= 11 is 0. The number of nitrogens with one attached hydrogen (secondary N) is 2. The van der Waals surface area contributed by atoms with Gasteiger partial charge in [-0.25, -0.2) is 0 Å². The molecule has 0 spiro atoms. The number of hydrogen-bond donors (Lipinski definition) is 2. The average Bonchev–Trinajstić information content (AvgIpc) is 2.91. The quantitative estimate of drug-likeness (QED) is 0.630. The van der Waals surface area contributed by atoms with Gasteiger partial charge in [0.2, 0.25) is 5.91 Å². The van der Waals surface area contributed by atoms with Crippen LogP contribution in [-0.2, 0) is 16.0 Å². The topological polar surface area (TPSA) is 67.4 Å². The van der Waals surface area contributed by atoms with Crippen molar-refractivity contribution < 1.29 is 14.3 Å². The third kappa shape index (κ3) is 4.45. The van der Waals surface area contributed by atoms with E-state index in [2.05, 4.69) is 17.2 Å². The lowest BCUT2D eigenvalue weighted by Crippen LogP contribution is -2.56. The van der Waals surface area contributed by atoms with Crippen molar-refractivity contribution in [2.45, 2.75) is 63.0 Å². The number of benzene rings is 1. The number of ether oxygens (including phenoxy) is 1. The van der Waals surface area contributed by atoms with Crippen molar-refractivity contribution in [3.63, 3.8) is 0 Å². The van der Waals surface area contributed by atoms with Gasteiger partial charge in [0.15, 0.2) is 6.10 Å². The fraction of sp³-hybridized carbons (Fsp3) is 0.524. The highest BCUT2D eigenvalue weighted by atomic mass is 16.5. The molecule has 1 atom stereocenters. The second kappa shape index (κ2) is 8.39. The van der Waals surface area contributed by atoms with E-state index < -0.39 is 6.10 Å². The Kier molecular flexibility index (Phi) is 5.96. The predicted octanol–water partition coefficient (Wildman–Crippen LogP) is 2.89. The molecule has 1 heterocycles. The van der Waals surface area contributed by atoms with Crippen LogP contribution in [0.5, 0.6) is 5.75 Å². The highest BCUT2D eigenvalue weighted by Gasteiger charge is 2.34. The summed E-state index contributed by atoms with van der Waals surface area (Å²) in [5.41, 5.74) is 0.763. The summed E-state index contributed by atoms with van der Waals surface area (Å²) in [6, 6.07) is 7.85. The van der Waals surface area contributed by atoms with E-state index in [9.17, 15) is 9.59 Å². The van der Waals surface area contributed by atoms with Crippen LogP contribution in [0.4, 0.5) is 0 Å². The van der Waals surface area contributed by atoms with Crippen molar-refractivity contribution >= 4 is 11.8 Å². The van der Waals surface area contributed by atoms with Crippen LogP contribution in [-0.4, -0.2) is 30.0 Å². The van der Waals surface area contributed by atoms with Crippen molar-refractivity contribution in [3.8, 4) is 5.75 Å². The minimum absolute atomic E-state index is 0.101. The number of hydrogen-bond acceptors (Lipinski definition) is 3. The van der Waals surface area contributed by atoms with E-state index in [1.807, 2.05) is 24.3 Å². The zero-order chi connectivity index (χ0) is 18.4. The summed E-state index contributed by atoms with van der Waals surface area (Å²) in [4.78, 5) is 24.6. The molecule has 1 unspecified atom stereocenters. The smallest absolute Gasteiger partial charge is 0.261 e. The van der Waals surface area contributed by atoms with Gasteiger partial charge < -0.3 is 15.4 Å². The van der Waals surface area contributed by atoms with Gasteiger partial charge in [0, 0.05) is 6.54 Å². The summed E-state index contributed by atoms with van der Waals surface area (Å²) in [5, 5.41) is 6.12. The predicted molar refractivity (Wildman–Crippen MR) is 101 cm³/mol. The first-order valence-corrected chi connectivity index (χ1v) is 9.59. The lowest BCUT2D eigenvalue weighted by Gasteiger charge is -2.35. The Morgan fingerprint density at radius 2 is 1.92 bits per heavy atom. The van der Waals surface area contributed by atoms with Crippen LogP contribution < -0.4 is 15.4 Å². The molecule has 140 valence electrons. The largest absolute Gasteiger partial charge is 0.480 e. The second-order valence-electron chi connectivity index (χ2n) is 7.36. The second-order valence-corrected chi connectivity index (χ2v) is 7.36. The van der Waals surface area contributed by atoms with Gasteiger partial charge >= 0.3 is 0 Å². The van der Waals surface area contributed by atoms with Crippen LogP contribution in [0.2, 0.25) is 0 Å². The first-order chi connectivity index (χ1) is 12.6. The molecular weight excluding hydrogens is 328 g/mol. The van der Waals surface area contributed by atoms with Gasteiger partial charge in [-0.2, -0.15) is 0 Å². The van der Waals surface area contributed by atoms with Crippen LogP contribution in [0.3, 0.4) is 0 Å². The van der Waals surface area contributed by atoms with Crippen molar-refractivity contribution in [3.05, 3.63) is 42.5 Å². The number of carbonyl (C=O) groups excluding carboxylic acids is 2. The van der Waals surface area contributed by atoms with Crippen molar-refractivity contribution in [2.24, 2.45) is 0 Å². The van der Waals surface area contributed by atoms with Crippen molar-refractivity contribution in [1.29, 1.82) is 0 Å². The molecule has 1 saturated carbocycles. The molecule has 1 aromatic carbocycles. The van der Waals surface area contributed by atoms with Gasteiger partial charge in [0.25, 0.3) is 5.91 Å². The van der Waals surface area contributed by atoms with Gasteiger partial charge in [0.1, 0.15) is 5.75 Å². The molecule has 2 aliphatic rings. The maximum Gasteiger partial charge on any atom is 0.261 e. The number of para-hydroxylation sites is 1. The Morgan fingerprint density at radius 3 is 2.65 bits per heavy atom. The van der Waals surface area contributed by atoms with Crippen molar-refractivity contribution in [2.75, 3.05) is 6.54 Å². The van der Waals surface area contributed by atoms with Crippen LogP contribution in [0.15, 0.2) is 36.9 Å². The first kappa shape index (κ1) is 18.5. The maximum atomic E-state index is 12.7. The molecule has 26 heavy (non-hydrogen) atoms. The molecule has 5 nitrogen and oxygen atoms in total. The molecular formula is C21H28N2O3. The summed E-state index contributed by atoms with van der Waals surface area (Å²) in [5.74, 6) is 0.517. The van der Waals surface area contributed by atoms with E-state index in [4.69, 9.17) is 4.74 Å². The van der Waals surface area contributed by atoms with Gasteiger partial charge in [-0.05, 0) is 43.4 Å². The van der Waals surface area contributed by atoms with Crippen LogP contribution in [0.25, 0.3) is 0 Å². The SMILES string of the molecule is C=CC(=O)NC1(CNC(=O)C2CCc3ccccc3O2)CCCCCC1. The molecule has 0 aromatic heterocycles. The van der Waals surface area contributed by atoms with Crippen LogP contribution in [0, 0.1) is 0 Å². The molecule has 3 rings (SSSR count). The Balaban J connectivity index is 1.62. The van der Waals surface area contributed by atoms with E-state index in [0.717, 1.165) is 43.4 Å². The highest BCUT2D eigenvalue weighted by molar-refractivity contribution is 5.87. The molecule has 2 N–H and O–H groups in total. The van der Waals surface area contributed by atoms with E-state index in [1.165, 1.54) is 18.9 Å². The molecule has 1 fully saturated rings. The monoisotopic (exact) mass is 356 g/mol. The molecule has 0 radical (unpaired) electrons. The average molecular weight is 356 g/mol. The van der Waals surface area contributed by atoms with Crippen LogP contribution >= 0.6 is 0 Å². The molecule has 2 amide bonds. The molecule has 1 aliphatic heterocycles.